The summed E-state index contributed by atoms with van der Waals surface area (Å²) >= 11 is 9.96. The van der Waals surface area contributed by atoms with Crippen molar-refractivity contribution in [3.05, 3.63) is 49.0 Å². The summed E-state index contributed by atoms with van der Waals surface area (Å²) in [6.07, 6.45) is 2.04. The van der Waals surface area contributed by atoms with Crippen LogP contribution in [0.4, 0.5) is 0 Å². The van der Waals surface area contributed by atoms with E-state index < -0.39 is 0 Å². The molecule has 6 heteroatoms. The highest BCUT2D eigenvalue weighted by Crippen LogP contribution is 2.31. The van der Waals surface area contributed by atoms with Gasteiger partial charge in [-0.25, -0.2) is 0 Å². The van der Waals surface area contributed by atoms with Crippen LogP contribution in [0.2, 0.25) is 0 Å². The van der Waals surface area contributed by atoms with Crippen molar-refractivity contribution in [1.82, 2.24) is 5.32 Å². The molecule has 2 rings (SSSR count). The molecule has 0 spiro atoms. The lowest BCUT2D eigenvalue weighted by molar-refractivity contribution is 0.0950. The summed E-state index contributed by atoms with van der Waals surface area (Å²) in [7, 11) is 0. The van der Waals surface area contributed by atoms with Gasteiger partial charge in [-0.05, 0) is 61.9 Å². The fraction of sp³-hybridized carbons (Fsp3) is 0.154. The summed E-state index contributed by atoms with van der Waals surface area (Å²) in [6, 6.07) is 10.0. The first kappa shape index (κ1) is 15.1. The third kappa shape index (κ3) is 4.08. The molecular formula is C13H11Br2NOS2. The smallest absolute Gasteiger partial charge is 0.253 e. The van der Waals surface area contributed by atoms with Crippen LogP contribution >= 0.6 is 55.0 Å². The summed E-state index contributed by atoms with van der Waals surface area (Å²) < 4.78 is 1.78. The van der Waals surface area contributed by atoms with Crippen molar-refractivity contribution in [3.63, 3.8) is 0 Å². The lowest BCUT2D eigenvalue weighted by atomic mass is 10.2. The minimum absolute atomic E-state index is 0.0669. The largest absolute Gasteiger partial charge is 0.348 e. The molecule has 0 saturated heterocycles. The normalized spacial score (nSPS) is 10.5. The Balaban J connectivity index is 1.98. The number of halogens is 2. The van der Waals surface area contributed by atoms with Crippen molar-refractivity contribution in [2.75, 3.05) is 6.26 Å². The van der Waals surface area contributed by atoms with Crippen LogP contribution in [-0.4, -0.2) is 12.2 Å². The van der Waals surface area contributed by atoms with Crippen molar-refractivity contribution >= 4 is 60.9 Å². The van der Waals surface area contributed by atoms with Gasteiger partial charge < -0.3 is 5.32 Å². The van der Waals surface area contributed by atoms with Crippen molar-refractivity contribution < 1.29 is 4.79 Å². The number of thioether (sulfide) groups is 1. The van der Waals surface area contributed by atoms with Gasteiger partial charge in [-0.3, -0.25) is 4.79 Å². The second kappa shape index (κ2) is 6.92. The molecule has 1 N–H and O–H groups in total. The lowest BCUT2D eigenvalue weighted by Crippen LogP contribution is -2.22. The minimum atomic E-state index is -0.0669. The van der Waals surface area contributed by atoms with E-state index >= 15 is 0 Å². The second-order valence-electron chi connectivity index (χ2n) is 3.77. The lowest BCUT2D eigenvalue weighted by Gasteiger charge is -2.05. The van der Waals surface area contributed by atoms with Gasteiger partial charge >= 0.3 is 0 Å². The second-order valence-corrected chi connectivity index (χ2v) is 8.40. The number of thiophene rings is 1. The molecule has 0 aliphatic carbocycles. The van der Waals surface area contributed by atoms with Crippen molar-refractivity contribution in [3.8, 4) is 0 Å². The van der Waals surface area contributed by atoms with Crippen LogP contribution < -0.4 is 5.32 Å². The first-order valence-corrected chi connectivity index (χ1v) is 9.09. The highest BCUT2D eigenvalue weighted by atomic mass is 79.9. The van der Waals surface area contributed by atoms with E-state index in [9.17, 15) is 4.79 Å². The van der Waals surface area contributed by atoms with Crippen LogP contribution in [0.3, 0.4) is 0 Å². The molecule has 0 fully saturated rings. The third-order valence-corrected chi connectivity index (χ3v) is 5.60. The van der Waals surface area contributed by atoms with Gasteiger partial charge in [-0.1, -0.05) is 12.1 Å². The summed E-state index contributed by atoms with van der Waals surface area (Å²) in [5.74, 6) is -0.0669. The molecule has 2 aromatic rings. The summed E-state index contributed by atoms with van der Waals surface area (Å²) in [6.45, 7) is 0.535. The number of hydrogen-bond donors (Lipinski definition) is 1. The number of hydrogen-bond acceptors (Lipinski definition) is 3. The van der Waals surface area contributed by atoms with Crippen LogP contribution in [0.15, 0.2) is 42.8 Å². The molecule has 1 amide bonds. The third-order valence-electron chi connectivity index (χ3n) is 2.51. The number of carbonyl (C=O) groups excluding carboxylic acids is 1. The standard InChI is InChI=1S/C13H11Br2NOS2/c1-18-9-4-2-8(3-5-9)7-16-13(17)10-6-11(14)19-12(10)15/h2-6H,7H2,1H3,(H,16,17). The maximum absolute atomic E-state index is 12.0. The number of nitrogens with one attached hydrogen (secondary N) is 1. The zero-order valence-corrected chi connectivity index (χ0v) is 14.9. The van der Waals surface area contributed by atoms with Gasteiger partial charge in [0, 0.05) is 11.4 Å². The van der Waals surface area contributed by atoms with E-state index in [1.165, 1.54) is 16.2 Å². The van der Waals surface area contributed by atoms with E-state index in [0.717, 1.165) is 13.1 Å². The van der Waals surface area contributed by atoms with Crippen molar-refractivity contribution in [2.45, 2.75) is 11.4 Å². The van der Waals surface area contributed by atoms with E-state index in [1.54, 1.807) is 11.8 Å². The van der Waals surface area contributed by atoms with Gasteiger partial charge in [0.2, 0.25) is 0 Å². The maximum atomic E-state index is 12.0. The Bertz CT molecular complexity index is 581. The van der Waals surface area contributed by atoms with Gasteiger partial charge in [-0.2, -0.15) is 0 Å². The maximum Gasteiger partial charge on any atom is 0.253 e. The number of benzene rings is 1. The molecule has 1 aromatic carbocycles. The molecule has 19 heavy (non-hydrogen) atoms. The fourth-order valence-electron chi connectivity index (χ4n) is 1.52. The zero-order valence-electron chi connectivity index (χ0n) is 10.1. The van der Waals surface area contributed by atoms with Crippen molar-refractivity contribution in [2.24, 2.45) is 0 Å². The predicted molar refractivity (Wildman–Crippen MR) is 89.1 cm³/mol. The minimum Gasteiger partial charge on any atom is -0.348 e. The Morgan fingerprint density at radius 3 is 2.53 bits per heavy atom. The quantitative estimate of drug-likeness (QED) is 0.710. The Kier molecular flexibility index (Phi) is 5.50. The topological polar surface area (TPSA) is 29.1 Å². The SMILES string of the molecule is CSc1ccc(CNC(=O)c2cc(Br)sc2Br)cc1. The molecule has 0 saturated carbocycles. The molecule has 1 heterocycles. The number of carbonyl (C=O) groups is 1. The zero-order chi connectivity index (χ0) is 13.8. The Labute approximate surface area is 137 Å². The molecule has 0 aliphatic rings. The van der Waals surface area contributed by atoms with Crippen molar-refractivity contribution in [1.29, 1.82) is 0 Å². The monoisotopic (exact) mass is 419 g/mol. The fourth-order valence-corrected chi connectivity index (χ4v) is 4.72. The molecule has 0 aliphatic heterocycles. The van der Waals surface area contributed by atoms with E-state index in [4.69, 9.17) is 0 Å². The van der Waals surface area contributed by atoms with E-state index in [-0.39, 0.29) is 5.91 Å². The number of amides is 1. The average Bonchev–Trinajstić information content (AvgIpc) is 2.75. The van der Waals surface area contributed by atoms with Crippen LogP contribution in [0.5, 0.6) is 0 Å². The predicted octanol–water partition coefficient (Wildman–Crippen LogP) is 4.93. The summed E-state index contributed by atoms with van der Waals surface area (Å²) in [4.78, 5) is 13.2. The van der Waals surface area contributed by atoms with Gasteiger partial charge in [0.05, 0.1) is 13.1 Å². The van der Waals surface area contributed by atoms with Crippen LogP contribution in [0.25, 0.3) is 0 Å². The first-order valence-electron chi connectivity index (χ1n) is 5.46. The average molecular weight is 421 g/mol. The molecule has 0 bridgehead atoms. The van der Waals surface area contributed by atoms with E-state index in [2.05, 4.69) is 49.3 Å². The molecule has 1 aromatic heterocycles. The molecule has 0 radical (unpaired) electrons. The van der Waals surface area contributed by atoms with E-state index in [0.29, 0.717) is 12.1 Å². The van der Waals surface area contributed by atoms with E-state index in [1.807, 2.05) is 24.5 Å². The van der Waals surface area contributed by atoms with Gasteiger partial charge in [0.25, 0.3) is 5.91 Å². The van der Waals surface area contributed by atoms with Crippen LogP contribution in [0.1, 0.15) is 15.9 Å². The van der Waals surface area contributed by atoms with Gasteiger partial charge in [-0.15, -0.1) is 23.1 Å². The van der Waals surface area contributed by atoms with Crippen LogP contribution in [-0.2, 0) is 6.54 Å². The molecule has 100 valence electrons. The molecule has 2 nitrogen and oxygen atoms in total. The van der Waals surface area contributed by atoms with Crippen LogP contribution in [0, 0.1) is 0 Å². The highest BCUT2D eigenvalue weighted by molar-refractivity contribution is 9.12. The highest BCUT2D eigenvalue weighted by Gasteiger charge is 2.13. The Morgan fingerprint density at radius 1 is 1.32 bits per heavy atom. The first-order chi connectivity index (χ1) is 9.10. The van der Waals surface area contributed by atoms with Gasteiger partial charge in [0.15, 0.2) is 0 Å². The summed E-state index contributed by atoms with van der Waals surface area (Å²) in [5, 5.41) is 2.92. The molecular weight excluding hydrogens is 410 g/mol. The number of rotatable bonds is 4. The molecule has 0 unspecified atom stereocenters. The molecule has 0 atom stereocenters. The Morgan fingerprint density at radius 2 is 2.00 bits per heavy atom. The Hall–Kier alpha value is -0.300. The summed E-state index contributed by atoms with van der Waals surface area (Å²) in [5.41, 5.74) is 1.76. The van der Waals surface area contributed by atoms with Gasteiger partial charge in [0.1, 0.15) is 0 Å².